The number of para-hydroxylation sites is 1. The summed E-state index contributed by atoms with van der Waals surface area (Å²) < 4.78 is 0. The molecule has 1 aliphatic carbocycles. The van der Waals surface area contributed by atoms with E-state index in [2.05, 4.69) is 84.9 Å². The van der Waals surface area contributed by atoms with E-state index in [0.29, 0.717) is 5.92 Å². The average molecular weight is 425 g/mol. The van der Waals surface area contributed by atoms with Gasteiger partial charge in [0.05, 0.1) is 11.0 Å². The number of anilines is 1. The fourth-order valence-corrected chi connectivity index (χ4v) is 5.93. The first-order valence-corrected chi connectivity index (χ1v) is 11.8. The zero-order valence-electron chi connectivity index (χ0n) is 18.4. The smallest absolute Gasteiger partial charge is 0.0712 e. The highest BCUT2D eigenvalue weighted by Crippen LogP contribution is 2.43. The van der Waals surface area contributed by atoms with Gasteiger partial charge in [0.15, 0.2) is 0 Å². The van der Waals surface area contributed by atoms with Crippen LogP contribution in [0.5, 0.6) is 0 Å². The molecule has 0 saturated carbocycles. The van der Waals surface area contributed by atoms with Crippen LogP contribution in [0.1, 0.15) is 35.4 Å². The van der Waals surface area contributed by atoms with Crippen LogP contribution < -0.4 is 5.73 Å². The molecule has 2 N–H and O–H groups in total. The summed E-state index contributed by atoms with van der Waals surface area (Å²) in [5.74, 6) is 0.390. The first kappa shape index (κ1) is 18.6. The van der Waals surface area contributed by atoms with Crippen LogP contribution in [0.15, 0.2) is 91.0 Å². The van der Waals surface area contributed by atoms with E-state index in [1.807, 2.05) is 6.07 Å². The molecule has 6 aromatic rings. The van der Waals surface area contributed by atoms with Crippen molar-refractivity contribution in [3.63, 3.8) is 0 Å². The number of nitrogens with zero attached hydrogens (tertiary/aromatic N) is 1. The Morgan fingerprint density at radius 3 is 2.45 bits per heavy atom. The second-order valence-electron chi connectivity index (χ2n) is 9.31. The van der Waals surface area contributed by atoms with Crippen molar-refractivity contribution in [3.05, 3.63) is 108 Å². The molecule has 0 spiro atoms. The van der Waals surface area contributed by atoms with Crippen LogP contribution in [-0.4, -0.2) is 4.98 Å². The number of aromatic nitrogens is 1. The van der Waals surface area contributed by atoms with Crippen molar-refractivity contribution < 1.29 is 0 Å². The number of hydrogen-bond donors (Lipinski definition) is 1. The predicted molar refractivity (Wildman–Crippen MR) is 140 cm³/mol. The Labute approximate surface area is 192 Å². The summed E-state index contributed by atoms with van der Waals surface area (Å²) in [6.07, 6.45) is 3.50. The van der Waals surface area contributed by atoms with Crippen molar-refractivity contribution in [2.24, 2.45) is 0 Å². The van der Waals surface area contributed by atoms with Crippen molar-refractivity contribution >= 4 is 49.0 Å². The third-order valence-electron chi connectivity index (χ3n) is 7.46. The van der Waals surface area contributed by atoms with Crippen LogP contribution in [0, 0.1) is 0 Å². The molecule has 0 bridgehead atoms. The first-order chi connectivity index (χ1) is 16.3. The van der Waals surface area contributed by atoms with E-state index in [4.69, 9.17) is 10.7 Å². The zero-order valence-corrected chi connectivity index (χ0v) is 18.4. The van der Waals surface area contributed by atoms with E-state index in [1.54, 1.807) is 0 Å². The van der Waals surface area contributed by atoms with Gasteiger partial charge in [-0.1, -0.05) is 60.7 Å². The van der Waals surface area contributed by atoms with Crippen LogP contribution in [0.3, 0.4) is 0 Å². The third-order valence-corrected chi connectivity index (χ3v) is 7.46. The Morgan fingerprint density at radius 2 is 1.48 bits per heavy atom. The highest BCUT2D eigenvalue weighted by Gasteiger charge is 2.25. The minimum Gasteiger partial charge on any atom is -0.399 e. The lowest BCUT2D eigenvalue weighted by Crippen LogP contribution is -2.12. The Morgan fingerprint density at radius 1 is 0.636 bits per heavy atom. The predicted octanol–water partition coefficient (Wildman–Crippen LogP) is 7.74. The van der Waals surface area contributed by atoms with Gasteiger partial charge in [0.25, 0.3) is 0 Å². The van der Waals surface area contributed by atoms with Gasteiger partial charge in [-0.05, 0) is 87.8 Å². The Hall–Kier alpha value is -3.91. The van der Waals surface area contributed by atoms with Gasteiger partial charge < -0.3 is 5.73 Å². The summed E-state index contributed by atoms with van der Waals surface area (Å²) in [5.41, 5.74) is 13.5. The highest BCUT2D eigenvalue weighted by atomic mass is 14.7. The zero-order chi connectivity index (χ0) is 21.9. The molecule has 0 radical (unpaired) electrons. The molecule has 0 amide bonds. The third kappa shape index (κ3) is 2.84. The number of nitrogens with two attached hydrogens (primary N) is 1. The summed E-state index contributed by atoms with van der Waals surface area (Å²) >= 11 is 0. The fraction of sp³-hybridized carbons (Fsp3) is 0.129. The van der Waals surface area contributed by atoms with Gasteiger partial charge in [-0.25, -0.2) is 4.98 Å². The highest BCUT2D eigenvalue weighted by molar-refractivity contribution is 6.09. The number of nitrogen functional groups attached to an aromatic ring is 1. The standard InChI is InChI=1S/C31H24N2/c32-21-13-11-19-12-14-25-23-7-3-6-22(26(23)15-16-27(25)28(19)18-21)24-8-4-10-31-29(24)17-20-5-1-2-9-30(20)33-31/h1-2,4-5,8-18,22H,3,6-7,32H2. The van der Waals surface area contributed by atoms with Gasteiger partial charge in [-0.15, -0.1) is 0 Å². The molecule has 1 unspecified atom stereocenters. The number of aryl methyl sites for hydroxylation is 1. The molecule has 7 rings (SSSR count). The maximum absolute atomic E-state index is 6.14. The second-order valence-corrected chi connectivity index (χ2v) is 9.31. The number of fused-ring (bicyclic) bond motifs is 7. The molecule has 158 valence electrons. The Balaban J connectivity index is 1.47. The summed E-state index contributed by atoms with van der Waals surface area (Å²) in [6.45, 7) is 0. The van der Waals surface area contributed by atoms with Crippen LogP contribution in [-0.2, 0) is 6.42 Å². The van der Waals surface area contributed by atoms with Crippen molar-refractivity contribution in [1.29, 1.82) is 0 Å². The summed E-state index contributed by atoms with van der Waals surface area (Å²) in [6, 6.07) is 32.8. The largest absolute Gasteiger partial charge is 0.399 e. The van der Waals surface area contributed by atoms with Gasteiger partial charge in [0.1, 0.15) is 0 Å². The first-order valence-electron chi connectivity index (χ1n) is 11.8. The molecule has 1 atom stereocenters. The SMILES string of the molecule is Nc1ccc2ccc3c4c(ccc3c2c1)C(c1cccc2nc3ccccc3cc12)CCC4. The monoisotopic (exact) mass is 424 g/mol. The van der Waals surface area contributed by atoms with E-state index < -0.39 is 0 Å². The number of pyridine rings is 1. The van der Waals surface area contributed by atoms with Crippen molar-refractivity contribution in [3.8, 4) is 0 Å². The number of rotatable bonds is 1. The van der Waals surface area contributed by atoms with Crippen LogP contribution in [0.2, 0.25) is 0 Å². The maximum atomic E-state index is 6.14. The topological polar surface area (TPSA) is 38.9 Å². The van der Waals surface area contributed by atoms with E-state index in [0.717, 1.165) is 23.1 Å². The van der Waals surface area contributed by atoms with Gasteiger partial charge >= 0.3 is 0 Å². The molecule has 2 heteroatoms. The van der Waals surface area contributed by atoms with Crippen LogP contribution >= 0.6 is 0 Å². The van der Waals surface area contributed by atoms with E-state index >= 15 is 0 Å². The number of benzene rings is 5. The van der Waals surface area contributed by atoms with Crippen LogP contribution in [0.25, 0.3) is 43.4 Å². The molecule has 0 aliphatic heterocycles. The lowest BCUT2D eigenvalue weighted by Gasteiger charge is -2.28. The quantitative estimate of drug-likeness (QED) is 0.166. The normalized spacial score (nSPS) is 15.9. The van der Waals surface area contributed by atoms with Gasteiger partial charge in [-0.2, -0.15) is 0 Å². The Bertz CT molecular complexity index is 1710. The molecule has 0 saturated heterocycles. The van der Waals surface area contributed by atoms with Crippen LogP contribution in [0.4, 0.5) is 5.69 Å². The molecule has 1 heterocycles. The average Bonchev–Trinajstić information content (AvgIpc) is 2.86. The van der Waals surface area contributed by atoms with Crippen molar-refractivity contribution in [1.82, 2.24) is 4.98 Å². The Kier molecular flexibility index (Phi) is 3.98. The second kappa shape index (κ2) is 7.05. The summed E-state index contributed by atoms with van der Waals surface area (Å²) in [7, 11) is 0. The molecule has 2 nitrogen and oxygen atoms in total. The minimum absolute atomic E-state index is 0.390. The lowest BCUT2D eigenvalue weighted by atomic mass is 9.76. The van der Waals surface area contributed by atoms with Crippen molar-refractivity contribution in [2.75, 3.05) is 5.73 Å². The molecule has 5 aromatic carbocycles. The van der Waals surface area contributed by atoms with Crippen molar-refractivity contribution in [2.45, 2.75) is 25.2 Å². The minimum atomic E-state index is 0.390. The molecule has 0 fully saturated rings. The van der Waals surface area contributed by atoms with E-state index in [9.17, 15) is 0 Å². The lowest BCUT2D eigenvalue weighted by molar-refractivity contribution is 0.622. The number of hydrogen-bond acceptors (Lipinski definition) is 2. The summed E-state index contributed by atoms with van der Waals surface area (Å²) in [4.78, 5) is 4.97. The molecular formula is C31H24N2. The van der Waals surface area contributed by atoms with Gasteiger partial charge in [-0.3, -0.25) is 0 Å². The molecule has 1 aromatic heterocycles. The maximum Gasteiger partial charge on any atom is 0.0712 e. The van der Waals surface area contributed by atoms with Gasteiger partial charge in [0, 0.05) is 22.4 Å². The molecule has 1 aliphatic rings. The van der Waals surface area contributed by atoms with E-state index in [1.165, 1.54) is 61.8 Å². The molecular weight excluding hydrogens is 400 g/mol. The van der Waals surface area contributed by atoms with Gasteiger partial charge in [0.2, 0.25) is 0 Å². The molecule has 33 heavy (non-hydrogen) atoms. The van der Waals surface area contributed by atoms with E-state index in [-0.39, 0.29) is 0 Å². The summed E-state index contributed by atoms with van der Waals surface area (Å²) in [5, 5.41) is 7.66. The fourth-order valence-electron chi connectivity index (χ4n) is 5.93.